The number of hydrogen-bond donors (Lipinski definition) is 1. The average Bonchev–Trinajstić information content (AvgIpc) is 2.67. The van der Waals surface area contributed by atoms with E-state index in [0.717, 1.165) is 16.6 Å². The largest absolute Gasteiger partial charge is 0.497 e. The summed E-state index contributed by atoms with van der Waals surface area (Å²) in [5.41, 5.74) is 2.64. The molecule has 0 amide bonds. The standard InChI is InChI=1S/C19H17N3O3/c1-23-14-5-6-16-15(9-14)19(12(10-20)11-21-16)22-13-4-7-17(24-2)18(8-13)25-3/h4-9,11H,1-3H3,(H,21,22). The number of nitrogens with zero attached hydrogens (tertiary/aromatic N) is 2. The maximum absolute atomic E-state index is 9.46. The second kappa shape index (κ2) is 6.97. The SMILES string of the molecule is COc1ccc2ncc(C#N)c(Nc3ccc(OC)c(OC)c3)c2c1. The molecule has 25 heavy (non-hydrogen) atoms. The number of anilines is 2. The fourth-order valence-corrected chi connectivity index (χ4v) is 2.58. The summed E-state index contributed by atoms with van der Waals surface area (Å²) < 4.78 is 15.9. The lowest BCUT2D eigenvalue weighted by Crippen LogP contribution is -1.98. The Balaban J connectivity index is 2.13. The number of benzene rings is 2. The van der Waals surface area contributed by atoms with E-state index in [-0.39, 0.29) is 0 Å². The molecular weight excluding hydrogens is 318 g/mol. The molecule has 0 bridgehead atoms. The van der Waals surface area contributed by atoms with Crippen LogP contribution in [-0.2, 0) is 0 Å². The van der Waals surface area contributed by atoms with Crippen molar-refractivity contribution in [2.24, 2.45) is 0 Å². The van der Waals surface area contributed by atoms with Crippen LogP contribution < -0.4 is 19.5 Å². The van der Waals surface area contributed by atoms with Crippen molar-refractivity contribution in [3.8, 4) is 23.3 Å². The summed E-state index contributed by atoms with van der Waals surface area (Å²) in [6.45, 7) is 0. The van der Waals surface area contributed by atoms with Gasteiger partial charge < -0.3 is 19.5 Å². The van der Waals surface area contributed by atoms with Crippen LogP contribution in [0.5, 0.6) is 17.2 Å². The van der Waals surface area contributed by atoms with Crippen LogP contribution in [0.25, 0.3) is 10.9 Å². The Labute approximate surface area is 145 Å². The van der Waals surface area contributed by atoms with Gasteiger partial charge in [0.1, 0.15) is 11.8 Å². The topological polar surface area (TPSA) is 76.4 Å². The molecule has 2 aromatic carbocycles. The molecule has 1 N–H and O–H groups in total. The highest BCUT2D eigenvalue weighted by Crippen LogP contribution is 2.35. The molecule has 0 saturated carbocycles. The lowest BCUT2D eigenvalue weighted by molar-refractivity contribution is 0.355. The minimum absolute atomic E-state index is 0.440. The lowest BCUT2D eigenvalue weighted by atomic mass is 10.1. The Hall–Kier alpha value is -3.46. The second-order valence-corrected chi connectivity index (χ2v) is 5.24. The van der Waals surface area contributed by atoms with Gasteiger partial charge in [0, 0.05) is 23.3 Å². The third-order valence-electron chi connectivity index (χ3n) is 3.85. The van der Waals surface area contributed by atoms with Gasteiger partial charge in [-0.1, -0.05) is 0 Å². The molecule has 0 aliphatic carbocycles. The van der Waals surface area contributed by atoms with E-state index in [1.165, 1.54) is 0 Å². The highest BCUT2D eigenvalue weighted by Gasteiger charge is 2.12. The third-order valence-corrected chi connectivity index (χ3v) is 3.85. The van der Waals surface area contributed by atoms with Gasteiger partial charge in [-0.05, 0) is 30.3 Å². The number of hydrogen-bond acceptors (Lipinski definition) is 6. The van der Waals surface area contributed by atoms with Gasteiger partial charge in [-0.3, -0.25) is 4.98 Å². The molecule has 0 aliphatic rings. The third kappa shape index (κ3) is 3.12. The summed E-state index contributed by atoms with van der Waals surface area (Å²) in [6.07, 6.45) is 1.55. The van der Waals surface area contributed by atoms with Crippen LogP contribution in [0.3, 0.4) is 0 Å². The number of fused-ring (bicyclic) bond motifs is 1. The Bertz CT molecular complexity index is 964. The molecule has 0 fully saturated rings. The first-order valence-corrected chi connectivity index (χ1v) is 7.56. The molecule has 0 aliphatic heterocycles. The van der Waals surface area contributed by atoms with Crippen molar-refractivity contribution in [2.75, 3.05) is 26.6 Å². The summed E-state index contributed by atoms with van der Waals surface area (Å²) in [5, 5.41) is 13.5. The number of aromatic nitrogens is 1. The molecule has 0 spiro atoms. The van der Waals surface area contributed by atoms with Crippen molar-refractivity contribution < 1.29 is 14.2 Å². The van der Waals surface area contributed by atoms with E-state index in [1.807, 2.05) is 30.3 Å². The van der Waals surface area contributed by atoms with E-state index in [9.17, 15) is 5.26 Å². The molecule has 0 unspecified atom stereocenters. The van der Waals surface area contributed by atoms with E-state index in [0.29, 0.717) is 28.5 Å². The van der Waals surface area contributed by atoms with E-state index in [2.05, 4.69) is 16.4 Å². The van der Waals surface area contributed by atoms with Crippen LogP contribution in [0, 0.1) is 11.3 Å². The van der Waals surface area contributed by atoms with Gasteiger partial charge in [0.25, 0.3) is 0 Å². The van der Waals surface area contributed by atoms with Crippen LogP contribution in [0.1, 0.15) is 5.56 Å². The molecule has 1 heterocycles. The monoisotopic (exact) mass is 335 g/mol. The van der Waals surface area contributed by atoms with E-state index < -0.39 is 0 Å². The van der Waals surface area contributed by atoms with Crippen LogP contribution in [0.15, 0.2) is 42.6 Å². The molecule has 0 atom stereocenters. The van der Waals surface area contributed by atoms with Gasteiger partial charge >= 0.3 is 0 Å². The summed E-state index contributed by atoms with van der Waals surface area (Å²) >= 11 is 0. The Morgan fingerprint density at radius 3 is 2.44 bits per heavy atom. The van der Waals surface area contributed by atoms with Gasteiger partial charge in [-0.2, -0.15) is 5.26 Å². The number of rotatable bonds is 5. The molecule has 3 aromatic rings. The van der Waals surface area contributed by atoms with Crippen molar-refractivity contribution >= 4 is 22.3 Å². The van der Waals surface area contributed by atoms with Gasteiger partial charge in [-0.15, -0.1) is 0 Å². The van der Waals surface area contributed by atoms with Gasteiger partial charge in [0.05, 0.1) is 38.1 Å². The van der Waals surface area contributed by atoms with Crippen molar-refractivity contribution in [3.05, 3.63) is 48.2 Å². The zero-order valence-corrected chi connectivity index (χ0v) is 14.2. The average molecular weight is 335 g/mol. The number of pyridine rings is 1. The molecule has 3 rings (SSSR count). The molecule has 0 saturated heterocycles. The van der Waals surface area contributed by atoms with Crippen LogP contribution in [0.4, 0.5) is 11.4 Å². The first-order chi connectivity index (χ1) is 12.2. The zero-order chi connectivity index (χ0) is 17.8. The van der Waals surface area contributed by atoms with Crippen molar-refractivity contribution in [1.82, 2.24) is 4.98 Å². The van der Waals surface area contributed by atoms with E-state index in [1.54, 1.807) is 33.6 Å². The maximum Gasteiger partial charge on any atom is 0.162 e. The van der Waals surface area contributed by atoms with Crippen LogP contribution in [0.2, 0.25) is 0 Å². The summed E-state index contributed by atoms with van der Waals surface area (Å²) in [4.78, 5) is 4.33. The first-order valence-electron chi connectivity index (χ1n) is 7.56. The number of methoxy groups -OCH3 is 3. The Kier molecular flexibility index (Phi) is 4.57. The fraction of sp³-hybridized carbons (Fsp3) is 0.158. The van der Waals surface area contributed by atoms with Crippen molar-refractivity contribution in [2.45, 2.75) is 0 Å². The molecule has 0 radical (unpaired) electrons. The van der Waals surface area contributed by atoms with Gasteiger partial charge in [-0.25, -0.2) is 0 Å². The summed E-state index contributed by atoms with van der Waals surface area (Å²) in [6, 6.07) is 13.2. The van der Waals surface area contributed by atoms with Gasteiger partial charge in [0.15, 0.2) is 11.5 Å². The van der Waals surface area contributed by atoms with Crippen LogP contribution >= 0.6 is 0 Å². The van der Waals surface area contributed by atoms with Crippen molar-refractivity contribution in [1.29, 1.82) is 5.26 Å². The van der Waals surface area contributed by atoms with Gasteiger partial charge in [0.2, 0.25) is 0 Å². The molecule has 6 heteroatoms. The summed E-state index contributed by atoms with van der Waals surface area (Å²) in [5.74, 6) is 1.93. The van der Waals surface area contributed by atoms with E-state index in [4.69, 9.17) is 14.2 Å². The number of nitrogens with one attached hydrogen (secondary N) is 1. The maximum atomic E-state index is 9.46. The fourth-order valence-electron chi connectivity index (χ4n) is 2.58. The minimum Gasteiger partial charge on any atom is -0.497 e. The highest BCUT2D eigenvalue weighted by molar-refractivity contribution is 5.96. The second-order valence-electron chi connectivity index (χ2n) is 5.24. The minimum atomic E-state index is 0.440. The molecular formula is C19H17N3O3. The Morgan fingerprint density at radius 1 is 0.960 bits per heavy atom. The number of nitriles is 1. The lowest BCUT2D eigenvalue weighted by Gasteiger charge is -2.14. The normalized spacial score (nSPS) is 10.2. The van der Waals surface area contributed by atoms with Crippen LogP contribution in [-0.4, -0.2) is 26.3 Å². The van der Waals surface area contributed by atoms with E-state index >= 15 is 0 Å². The Morgan fingerprint density at radius 2 is 1.76 bits per heavy atom. The quantitative estimate of drug-likeness (QED) is 0.762. The molecule has 6 nitrogen and oxygen atoms in total. The highest BCUT2D eigenvalue weighted by atomic mass is 16.5. The zero-order valence-electron chi connectivity index (χ0n) is 14.2. The predicted octanol–water partition coefficient (Wildman–Crippen LogP) is 3.88. The summed E-state index contributed by atoms with van der Waals surface area (Å²) in [7, 11) is 4.76. The molecule has 126 valence electrons. The first kappa shape index (κ1) is 16.4. The predicted molar refractivity (Wildman–Crippen MR) is 95.8 cm³/mol. The van der Waals surface area contributed by atoms with Crippen molar-refractivity contribution in [3.63, 3.8) is 0 Å². The smallest absolute Gasteiger partial charge is 0.162 e. The number of ether oxygens (including phenoxy) is 3. The molecule has 1 aromatic heterocycles.